The lowest BCUT2D eigenvalue weighted by molar-refractivity contribution is -0.334. The van der Waals surface area contributed by atoms with Gasteiger partial charge in [-0.2, -0.15) is 0 Å². The molecule has 0 aromatic rings. The van der Waals surface area contributed by atoms with Crippen LogP contribution in [0.5, 0.6) is 0 Å². The Morgan fingerprint density at radius 2 is 1.20 bits per heavy atom. The summed E-state index contributed by atoms with van der Waals surface area (Å²) in [5.74, 6) is 0. The highest BCUT2D eigenvalue weighted by atomic mass is 31.2. The second-order valence-electron chi connectivity index (χ2n) is 1.39. The SMILES string of the molecule is O=P([O-])([O-])C(F)P(=O)([O-])[O-]. The van der Waals surface area contributed by atoms with Crippen molar-refractivity contribution in [1.82, 2.24) is 0 Å². The molecule has 0 heterocycles. The van der Waals surface area contributed by atoms with E-state index in [1.165, 1.54) is 0 Å². The van der Waals surface area contributed by atoms with Crippen LogP contribution in [-0.4, -0.2) is 5.65 Å². The van der Waals surface area contributed by atoms with Crippen molar-refractivity contribution in [3.8, 4) is 0 Å². The van der Waals surface area contributed by atoms with Crippen LogP contribution in [0.4, 0.5) is 4.39 Å². The molecule has 0 fully saturated rings. The number of hydrogen-bond acceptors (Lipinski definition) is 6. The Kier molecular flexibility index (Phi) is 2.76. The van der Waals surface area contributed by atoms with E-state index < -0.39 is 20.8 Å². The van der Waals surface area contributed by atoms with E-state index in [0.717, 1.165) is 0 Å². The van der Waals surface area contributed by atoms with Gasteiger partial charge in [-0.1, -0.05) is 0 Å². The molecule has 0 spiro atoms. The monoisotopic (exact) mass is 190 g/mol. The van der Waals surface area contributed by atoms with Gasteiger partial charge in [-0.15, -0.1) is 0 Å². The molecule has 0 unspecified atom stereocenters. The minimum atomic E-state index is -5.93. The Hall–Kier alpha value is 0.230. The third-order valence-electron chi connectivity index (χ3n) is 0.522. The Morgan fingerprint density at radius 1 is 1.00 bits per heavy atom. The van der Waals surface area contributed by atoms with Gasteiger partial charge in [0, 0.05) is 0 Å². The first-order chi connectivity index (χ1) is 4.15. The van der Waals surface area contributed by atoms with E-state index in [1.54, 1.807) is 0 Å². The predicted octanol–water partition coefficient (Wildman–Crippen LogP) is -2.93. The number of halogens is 1. The predicted molar refractivity (Wildman–Crippen MR) is 20.1 cm³/mol. The second kappa shape index (κ2) is 2.70. The van der Waals surface area contributed by atoms with E-state index in [1.807, 2.05) is 0 Å². The molecule has 0 saturated carbocycles. The lowest BCUT2D eigenvalue weighted by Crippen LogP contribution is -2.31. The van der Waals surface area contributed by atoms with Crippen molar-refractivity contribution in [2.75, 3.05) is 0 Å². The zero-order chi connectivity index (χ0) is 8.58. The summed E-state index contributed by atoms with van der Waals surface area (Å²) >= 11 is 0. The molecule has 0 saturated heterocycles. The van der Waals surface area contributed by atoms with Gasteiger partial charge >= 0.3 is 0 Å². The fraction of sp³-hybridized carbons (Fsp3) is 1.00. The van der Waals surface area contributed by atoms with E-state index in [9.17, 15) is 33.1 Å². The average Bonchev–Trinajstić information content (AvgIpc) is 1.59. The zero-order valence-electron chi connectivity index (χ0n) is 4.30. The van der Waals surface area contributed by atoms with Gasteiger partial charge in [0.2, 0.25) is 0 Å². The molecule has 0 aromatic heterocycles. The largest absolute Gasteiger partial charge is 0.808 e. The lowest BCUT2D eigenvalue weighted by atomic mass is 11.8. The van der Waals surface area contributed by atoms with Gasteiger partial charge in [-0.3, -0.25) is 0 Å². The molecule has 0 radical (unpaired) electrons. The third-order valence-corrected chi connectivity index (χ3v) is 3.26. The van der Waals surface area contributed by atoms with Crippen molar-refractivity contribution >= 4 is 15.2 Å². The summed E-state index contributed by atoms with van der Waals surface area (Å²) in [6.45, 7) is 0. The Balaban J connectivity index is 4.56. The fourth-order valence-corrected chi connectivity index (χ4v) is 1.56. The summed E-state index contributed by atoms with van der Waals surface area (Å²) in [4.78, 5) is 38.0. The molecule has 0 bridgehead atoms. The van der Waals surface area contributed by atoms with E-state index in [0.29, 0.717) is 0 Å². The van der Waals surface area contributed by atoms with Gasteiger partial charge in [0.05, 0.1) is 0 Å². The van der Waals surface area contributed by atoms with Crippen LogP contribution in [0.3, 0.4) is 0 Å². The number of alkyl halides is 1. The average molecular weight is 190 g/mol. The molecular weight excluding hydrogens is 189 g/mol. The maximum atomic E-state index is 11.6. The summed E-state index contributed by atoms with van der Waals surface area (Å²) < 4.78 is 30.6. The highest BCUT2D eigenvalue weighted by molar-refractivity contribution is 7.67. The molecule has 9 heteroatoms. The van der Waals surface area contributed by atoms with E-state index >= 15 is 0 Å². The fourth-order valence-electron chi connectivity index (χ4n) is 0.173. The lowest BCUT2D eigenvalue weighted by Gasteiger charge is -2.43. The quantitative estimate of drug-likeness (QED) is 0.428. The van der Waals surface area contributed by atoms with Crippen LogP contribution in [0.15, 0.2) is 0 Å². The summed E-state index contributed by atoms with van der Waals surface area (Å²) in [5, 5.41) is 0. The molecule has 0 rings (SSSR count). The molecule has 0 aliphatic rings. The summed E-state index contributed by atoms with van der Waals surface area (Å²) in [6.07, 6.45) is 0. The first-order valence-electron chi connectivity index (χ1n) is 1.83. The van der Waals surface area contributed by atoms with Gasteiger partial charge in [0.25, 0.3) is 0 Å². The van der Waals surface area contributed by atoms with Crippen molar-refractivity contribution in [2.24, 2.45) is 0 Å². The first kappa shape index (κ1) is 10.2. The van der Waals surface area contributed by atoms with Crippen LogP contribution < -0.4 is 19.6 Å². The summed E-state index contributed by atoms with van der Waals surface area (Å²) in [5.41, 5.74) is -3.85. The molecule has 0 aliphatic carbocycles. The van der Waals surface area contributed by atoms with Crippen LogP contribution >= 0.6 is 15.2 Å². The first-order valence-corrected chi connectivity index (χ1v) is 5.05. The van der Waals surface area contributed by atoms with Crippen LogP contribution in [0.2, 0.25) is 0 Å². The Labute approximate surface area is 55.0 Å². The van der Waals surface area contributed by atoms with Crippen LogP contribution in [0.1, 0.15) is 0 Å². The van der Waals surface area contributed by atoms with Crippen molar-refractivity contribution in [2.45, 2.75) is 5.65 Å². The molecule has 0 amide bonds. The topological polar surface area (TPSA) is 126 Å². The van der Waals surface area contributed by atoms with Gasteiger partial charge in [-0.25, -0.2) is 4.39 Å². The van der Waals surface area contributed by atoms with Gasteiger partial charge in [-0.05, 0) is 15.2 Å². The minimum Gasteiger partial charge on any atom is -0.808 e. The van der Waals surface area contributed by atoms with Crippen LogP contribution in [-0.2, 0) is 9.13 Å². The zero-order valence-corrected chi connectivity index (χ0v) is 6.09. The molecule has 6 nitrogen and oxygen atoms in total. The molecule has 0 atom stereocenters. The summed E-state index contributed by atoms with van der Waals surface area (Å²) in [7, 11) is -11.9. The van der Waals surface area contributed by atoms with Crippen molar-refractivity contribution in [1.29, 1.82) is 0 Å². The highest BCUT2D eigenvalue weighted by Gasteiger charge is 2.14. The molecule has 0 aliphatic heterocycles. The third kappa shape index (κ3) is 2.88. The molecular formula is CHFO6P2-4. The summed E-state index contributed by atoms with van der Waals surface area (Å²) in [6, 6.07) is 0. The number of hydrogen-bond donors (Lipinski definition) is 0. The van der Waals surface area contributed by atoms with Crippen molar-refractivity contribution in [3.63, 3.8) is 0 Å². The smallest absolute Gasteiger partial charge is 0.152 e. The van der Waals surface area contributed by atoms with Crippen molar-refractivity contribution in [3.05, 3.63) is 0 Å². The van der Waals surface area contributed by atoms with E-state index in [4.69, 9.17) is 0 Å². The normalized spacial score (nSPS) is 14.2. The highest BCUT2D eigenvalue weighted by Crippen LogP contribution is 2.50. The van der Waals surface area contributed by atoms with Gasteiger partial charge < -0.3 is 28.7 Å². The minimum absolute atomic E-state index is 3.85. The maximum absolute atomic E-state index is 11.6. The Bertz CT molecular complexity index is 178. The van der Waals surface area contributed by atoms with Gasteiger partial charge in [0.15, 0.2) is 5.65 Å². The van der Waals surface area contributed by atoms with Crippen molar-refractivity contribution < 1.29 is 33.1 Å². The van der Waals surface area contributed by atoms with Crippen LogP contribution in [0, 0.1) is 0 Å². The van der Waals surface area contributed by atoms with E-state index in [2.05, 4.69) is 0 Å². The second-order valence-corrected chi connectivity index (χ2v) is 4.86. The molecule has 62 valence electrons. The molecule has 0 N–H and O–H groups in total. The number of rotatable bonds is 2. The van der Waals surface area contributed by atoms with E-state index in [-0.39, 0.29) is 0 Å². The Morgan fingerprint density at radius 3 is 1.20 bits per heavy atom. The van der Waals surface area contributed by atoms with Crippen LogP contribution in [0.25, 0.3) is 0 Å². The maximum Gasteiger partial charge on any atom is 0.152 e. The van der Waals surface area contributed by atoms with Gasteiger partial charge in [0.1, 0.15) is 0 Å². The standard InChI is InChI=1S/CH5FO6P2/c2-1(9(3,4)5)10(6,7)8/h1H,(H2,3,4,5)(H2,6,7,8)/p-4. The molecule has 0 aromatic carbocycles. The molecule has 10 heavy (non-hydrogen) atoms.